The van der Waals surface area contributed by atoms with Crippen LogP contribution in [0.25, 0.3) is 5.70 Å². The molecule has 2 aromatic carbocycles. The molecule has 0 spiro atoms. The van der Waals surface area contributed by atoms with E-state index in [1.54, 1.807) is 18.9 Å². The number of allylic oxidation sites excluding steroid dienone is 1. The number of anilines is 1. The third kappa shape index (κ3) is 3.19. The van der Waals surface area contributed by atoms with Gasteiger partial charge in [0.15, 0.2) is 11.5 Å². The number of aromatic nitrogens is 4. The second-order valence-electron chi connectivity index (χ2n) is 6.99. The molecule has 144 valence electrons. The number of benzene rings is 2. The Hall–Kier alpha value is -3.35. The number of hydrogen-bond acceptors (Lipinski definition) is 6. The second-order valence-corrected chi connectivity index (χ2v) is 6.99. The monoisotopic (exact) mass is 377 g/mol. The van der Waals surface area contributed by atoms with Gasteiger partial charge in [-0.15, -0.1) is 0 Å². The van der Waals surface area contributed by atoms with Crippen LogP contribution in [-0.4, -0.2) is 34.4 Å². The van der Waals surface area contributed by atoms with Crippen LogP contribution >= 0.6 is 0 Å². The molecule has 0 saturated heterocycles. The molecule has 4 rings (SSSR count). The summed E-state index contributed by atoms with van der Waals surface area (Å²) in [7, 11) is 3.25. The first kappa shape index (κ1) is 18.0. The lowest BCUT2D eigenvalue weighted by atomic mass is 9.98. The molecule has 28 heavy (non-hydrogen) atoms. The number of nitrogens with one attached hydrogen (secondary N) is 1. The maximum atomic E-state index is 5.46. The van der Waals surface area contributed by atoms with Crippen LogP contribution in [0.3, 0.4) is 0 Å². The fraction of sp³-hybridized carbons (Fsp3) is 0.286. The highest BCUT2D eigenvalue weighted by atomic mass is 16.5. The number of ether oxygens (including phenoxy) is 2. The van der Waals surface area contributed by atoms with Gasteiger partial charge in [0.25, 0.3) is 0 Å². The molecule has 7 nitrogen and oxygen atoms in total. The summed E-state index contributed by atoms with van der Waals surface area (Å²) in [5.41, 5.74) is 4.37. The summed E-state index contributed by atoms with van der Waals surface area (Å²) in [6.45, 7) is 4.38. The van der Waals surface area contributed by atoms with Crippen molar-refractivity contribution in [1.82, 2.24) is 20.2 Å². The van der Waals surface area contributed by atoms with Crippen LogP contribution in [0.1, 0.15) is 42.5 Å². The predicted molar refractivity (Wildman–Crippen MR) is 108 cm³/mol. The average Bonchev–Trinajstić information content (AvgIpc) is 3.21. The molecule has 1 aromatic heterocycles. The van der Waals surface area contributed by atoms with Crippen molar-refractivity contribution in [2.75, 3.05) is 19.5 Å². The lowest BCUT2D eigenvalue weighted by Gasteiger charge is -2.24. The predicted octanol–water partition coefficient (Wildman–Crippen LogP) is 3.87. The van der Waals surface area contributed by atoms with Crippen LogP contribution in [0, 0.1) is 0 Å². The van der Waals surface area contributed by atoms with E-state index in [1.807, 2.05) is 18.2 Å². The Balaban J connectivity index is 1.75. The Labute approximate surface area is 164 Å². The minimum absolute atomic E-state index is 0.161. The maximum absolute atomic E-state index is 5.46. The van der Waals surface area contributed by atoms with E-state index in [1.165, 1.54) is 5.56 Å². The van der Waals surface area contributed by atoms with E-state index in [9.17, 15) is 0 Å². The fourth-order valence-electron chi connectivity index (χ4n) is 3.34. The van der Waals surface area contributed by atoms with Gasteiger partial charge >= 0.3 is 0 Å². The van der Waals surface area contributed by atoms with Crippen LogP contribution < -0.4 is 14.8 Å². The Morgan fingerprint density at radius 3 is 2.43 bits per heavy atom. The zero-order valence-electron chi connectivity index (χ0n) is 16.4. The second kappa shape index (κ2) is 7.34. The van der Waals surface area contributed by atoms with Crippen molar-refractivity contribution in [3.05, 3.63) is 65.2 Å². The first-order chi connectivity index (χ1) is 13.6. The Morgan fingerprint density at radius 1 is 1.00 bits per heavy atom. The summed E-state index contributed by atoms with van der Waals surface area (Å²) in [5, 5.41) is 15.4. The van der Waals surface area contributed by atoms with E-state index in [2.05, 4.69) is 65.0 Å². The zero-order chi connectivity index (χ0) is 19.7. The van der Waals surface area contributed by atoms with Crippen molar-refractivity contribution < 1.29 is 9.47 Å². The van der Waals surface area contributed by atoms with Crippen LogP contribution in [0.5, 0.6) is 11.5 Å². The van der Waals surface area contributed by atoms with Crippen molar-refractivity contribution >= 4 is 11.6 Å². The Morgan fingerprint density at radius 2 is 1.75 bits per heavy atom. The minimum atomic E-state index is -0.161. The van der Waals surface area contributed by atoms with Gasteiger partial charge in [-0.2, -0.15) is 4.68 Å². The number of rotatable bonds is 5. The van der Waals surface area contributed by atoms with Crippen LogP contribution in [0.4, 0.5) is 5.95 Å². The summed E-state index contributed by atoms with van der Waals surface area (Å²) in [4.78, 5) is 0. The summed E-state index contributed by atoms with van der Waals surface area (Å²) < 4.78 is 12.6. The molecule has 0 bridgehead atoms. The van der Waals surface area contributed by atoms with E-state index < -0.39 is 0 Å². The van der Waals surface area contributed by atoms with Crippen molar-refractivity contribution in [3.8, 4) is 11.5 Å². The lowest BCUT2D eigenvalue weighted by Crippen LogP contribution is -2.20. The van der Waals surface area contributed by atoms with Crippen LogP contribution in [0.15, 0.2) is 48.5 Å². The molecular weight excluding hydrogens is 354 g/mol. The molecule has 0 aliphatic carbocycles. The topological polar surface area (TPSA) is 74.1 Å². The zero-order valence-corrected chi connectivity index (χ0v) is 16.4. The summed E-state index contributed by atoms with van der Waals surface area (Å²) in [6, 6.07) is 14.3. The number of nitrogens with zero attached hydrogens (tertiary/aromatic N) is 4. The maximum Gasteiger partial charge on any atom is 0.248 e. The highest BCUT2D eigenvalue weighted by molar-refractivity contribution is 5.77. The first-order valence-corrected chi connectivity index (χ1v) is 9.19. The molecule has 1 atom stereocenters. The van der Waals surface area contributed by atoms with Crippen molar-refractivity contribution in [2.45, 2.75) is 25.8 Å². The van der Waals surface area contributed by atoms with E-state index in [4.69, 9.17) is 9.47 Å². The van der Waals surface area contributed by atoms with Gasteiger partial charge in [0, 0.05) is 5.70 Å². The third-order valence-corrected chi connectivity index (χ3v) is 4.96. The molecule has 1 aliphatic rings. The summed E-state index contributed by atoms with van der Waals surface area (Å²) in [5.74, 6) is 2.45. The van der Waals surface area contributed by atoms with Crippen molar-refractivity contribution in [1.29, 1.82) is 0 Å². The molecule has 7 heteroatoms. The summed E-state index contributed by atoms with van der Waals surface area (Å²) in [6.07, 6.45) is 2.12. The van der Waals surface area contributed by atoms with Crippen LogP contribution in [-0.2, 0) is 0 Å². The van der Waals surface area contributed by atoms with Crippen molar-refractivity contribution in [2.24, 2.45) is 0 Å². The van der Waals surface area contributed by atoms with Crippen LogP contribution in [0.2, 0.25) is 0 Å². The molecule has 0 radical (unpaired) electrons. The molecule has 0 saturated carbocycles. The van der Waals surface area contributed by atoms with Gasteiger partial charge in [-0.05, 0) is 51.2 Å². The SMILES string of the molecule is COc1ccc([C@H]2C=C(c3ccc(C(C)C)cc3)Nc3nnnn32)cc1OC. The molecule has 0 unspecified atom stereocenters. The Kier molecular flexibility index (Phi) is 4.73. The van der Waals surface area contributed by atoms with Gasteiger partial charge in [-0.1, -0.05) is 49.3 Å². The Bertz CT molecular complexity index is 1010. The third-order valence-electron chi connectivity index (χ3n) is 4.96. The quantitative estimate of drug-likeness (QED) is 0.728. The first-order valence-electron chi connectivity index (χ1n) is 9.19. The van der Waals surface area contributed by atoms with Gasteiger partial charge in [-0.25, -0.2) is 0 Å². The van der Waals surface area contributed by atoms with E-state index in [0.717, 1.165) is 16.8 Å². The molecule has 1 N–H and O–H groups in total. The number of hydrogen-bond donors (Lipinski definition) is 1. The van der Waals surface area contributed by atoms with Gasteiger partial charge in [0.05, 0.1) is 14.2 Å². The van der Waals surface area contributed by atoms with Gasteiger partial charge in [0.2, 0.25) is 5.95 Å². The normalized spacial score (nSPS) is 15.6. The highest BCUT2D eigenvalue weighted by Crippen LogP contribution is 2.36. The average molecular weight is 377 g/mol. The molecule has 2 heterocycles. The van der Waals surface area contributed by atoms with E-state index in [0.29, 0.717) is 23.4 Å². The molecule has 0 amide bonds. The fourth-order valence-corrected chi connectivity index (χ4v) is 3.34. The van der Waals surface area contributed by atoms with Gasteiger partial charge < -0.3 is 14.8 Å². The number of fused-ring (bicyclic) bond motifs is 1. The number of tetrazole rings is 1. The van der Waals surface area contributed by atoms with E-state index >= 15 is 0 Å². The molecule has 3 aromatic rings. The van der Waals surface area contributed by atoms with Gasteiger partial charge in [-0.3, -0.25) is 0 Å². The smallest absolute Gasteiger partial charge is 0.248 e. The van der Waals surface area contributed by atoms with E-state index in [-0.39, 0.29) is 6.04 Å². The lowest BCUT2D eigenvalue weighted by molar-refractivity contribution is 0.354. The van der Waals surface area contributed by atoms with Gasteiger partial charge in [0.1, 0.15) is 6.04 Å². The molecular formula is C21H23N5O2. The minimum Gasteiger partial charge on any atom is -0.493 e. The largest absolute Gasteiger partial charge is 0.493 e. The highest BCUT2D eigenvalue weighted by Gasteiger charge is 2.25. The summed E-state index contributed by atoms with van der Waals surface area (Å²) >= 11 is 0. The molecule has 1 aliphatic heterocycles. The standard InChI is InChI=1S/C21H23N5O2/c1-13(2)14-5-7-15(8-6-14)17-12-18(26-21(22-17)23-24-25-26)16-9-10-19(27-3)20(11-16)28-4/h5-13,18H,1-4H3,(H,22,23,25)/t18-/m1/s1. The number of methoxy groups -OCH3 is 2. The molecule has 0 fully saturated rings. The van der Waals surface area contributed by atoms with Crippen molar-refractivity contribution in [3.63, 3.8) is 0 Å².